The number of benzene rings is 9. The van der Waals surface area contributed by atoms with Gasteiger partial charge in [-0.2, -0.15) is 0 Å². The van der Waals surface area contributed by atoms with Crippen LogP contribution in [0.5, 0.6) is 0 Å². The van der Waals surface area contributed by atoms with Crippen molar-refractivity contribution in [3.63, 3.8) is 0 Å². The Kier molecular flexibility index (Phi) is 6.53. The average molecular weight is 638 g/mol. The highest BCUT2D eigenvalue weighted by Gasteiger charge is 2.21. The molecule has 0 bridgehead atoms. The monoisotopic (exact) mass is 637 g/mol. The van der Waals surface area contributed by atoms with Crippen molar-refractivity contribution < 1.29 is 4.42 Å². The fourth-order valence-corrected chi connectivity index (χ4v) is 7.71. The molecule has 0 aliphatic rings. The molecule has 0 spiro atoms. The summed E-state index contributed by atoms with van der Waals surface area (Å²) in [5.41, 5.74) is 9.91. The first-order valence-electron chi connectivity index (χ1n) is 17.1. The summed E-state index contributed by atoms with van der Waals surface area (Å²) < 4.78 is 6.28. The van der Waals surface area contributed by atoms with E-state index in [4.69, 9.17) is 4.42 Å². The molecule has 9 aromatic carbocycles. The largest absolute Gasteiger partial charge is 0.456 e. The molecule has 1 heterocycles. The summed E-state index contributed by atoms with van der Waals surface area (Å²) in [5.74, 6) is 0. The van der Waals surface area contributed by atoms with Gasteiger partial charge < -0.3 is 9.32 Å². The Morgan fingerprint density at radius 1 is 0.340 bits per heavy atom. The zero-order valence-electron chi connectivity index (χ0n) is 27.3. The molecule has 0 saturated heterocycles. The van der Waals surface area contributed by atoms with Gasteiger partial charge in [0.2, 0.25) is 0 Å². The molecule has 2 heteroatoms. The second kappa shape index (κ2) is 11.5. The summed E-state index contributed by atoms with van der Waals surface area (Å²) in [6.45, 7) is 0. The first-order chi connectivity index (χ1) is 24.8. The number of fused-ring (bicyclic) bond motifs is 8. The first kappa shape index (κ1) is 28.4. The van der Waals surface area contributed by atoms with E-state index in [0.29, 0.717) is 0 Å². The van der Waals surface area contributed by atoms with Gasteiger partial charge in [-0.25, -0.2) is 0 Å². The Hall–Kier alpha value is -6.64. The number of hydrogen-bond donors (Lipinski definition) is 0. The van der Waals surface area contributed by atoms with E-state index >= 15 is 0 Å². The lowest BCUT2D eigenvalue weighted by molar-refractivity contribution is 0.669. The standard InChI is InChI=1S/C48H31NO/c1-2-12-32(13-3-1)38-16-8-9-17-39(38)34-22-25-36(26-23-34)49(37-27-29-47-44(31-37)42-20-10-11-21-46(42)50-47)45-30-35-15-5-6-18-40(35)43-28-24-33-14-4-7-19-41(33)48(43)45/h1-31H. The minimum Gasteiger partial charge on any atom is -0.456 e. The third kappa shape index (κ3) is 4.57. The van der Waals surface area contributed by atoms with Crippen LogP contribution >= 0.6 is 0 Å². The Labute approximate surface area is 290 Å². The summed E-state index contributed by atoms with van der Waals surface area (Å²) in [7, 11) is 0. The predicted molar refractivity (Wildman–Crippen MR) is 212 cm³/mol. The van der Waals surface area contributed by atoms with Crippen LogP contribution in [0.25, 0.3) is 76.5 Å². The van der Waals surface area contributed by atoms with Crippen molar-refractivity contribution in [1.82, 2.24) is 0 Å². The number of anilines is 3. The van der Waals surface area contributed by atoms with E-state index in [2.05, 4.69) is 181 Å². The van der Waals surface area contributed by atoms with E-state index in [1.54, 1.807) is 0 Å². The van der Waals surface area contributed by atoms with Crippen molar-refractivity contribution in [1.29, 1.82) is 0 Å². The SMILES string of the molecule is c1ccc(-c2ccccc2-c2ccc(N(c3ccc4oc5ccccc5c4c3)c3cc4ccccc4c4ccc5ccccc5c34)cc2)cc1. The van der Waals surface area contributed by atoms with E-state index in [9.17, 15) is 0 Å². The minimum absolute atomic E-state index is 0.886. The van der Waals surface area contributed by atoms with Crippen LogP contribution in [0.1, 0.15) is 0 Å². The maximum Gasteiger partial charge on any atom is 0.135 e. The van der Waals surface area contributed by atoms with Crippen molar-refractivity contribution in [3.8, 4) is 22.3 Å². The molecule has 10 rings (SSSR count). The molecular weight excluding hydrogens is 607 g/mol. The van der Waals surface area contributed by atoms with E-state index in [1.165, 1.54) is 54.6 Å². The lowest BCUT2D eigenvalue weighted by Gasteiger charge is -2.28. The highest BCUT2D eigenvalue weighted by molar-refractivity contribution is 6.23. The van der Waals surface area contributed by atoms with Crippen molar-refractivity contribution >= 4 is 71.3 Å². The fourth-order valence-electron chi connectivity index (χ4n) is 7.71. The molecule has 234 valence electrons. The Bertz CT molecular complexity index is 2870. The van der Waals surface area contributed by atoms with Gasteiger partial charge in [0.1, 0.15) is 11.2 Å². The van der Waals surface area contributed by atoms with Crippen molar-refractivity contribution in [2.45, 2.75) is 0 Å². The topological polar surface area (TPSA) is 16.4 Å². The van der Waals surface area contributed by atoms with E-state index in [1.807, 2.05) is 12.1 Å². The zero-order chi connectivity index (χ0) is 33.0. The second-order valence-corrected chi connectivity index (χ2v) is 12.9. The van der Waals surface area contributed by atoms with Gasteiger partial charge in [-0.15, -0.1) is 0 Å². The van der Waals surface area contributed by atoms with Crippen molar-refractivity contribution in [3.05, 3.63) is 188 Å². The summed E-state index contributed by atoms with van der Waals surface area (Å²) in [6.07, 6.45) is 0. The van der Waals surface area contributed by atoms with Crippen LogP contribution in [0, 0.1) is 0 Å². The smallest absolute Gasteiger partial charge is 0.135 e. The van der Waals surface area contributed by atoms with Crippen LogP contribution in [0.4, 0.5) is 17.1 Å². The Morgan fingerprint density at radius 3 is 1.74 bits per heavy atom. The normalized spacial score (nSPS) is 11.6. The summed E-state index contributed by atoms with van der Waals surface area (Å²) in [5, 5.41) is 9.61. The molecule has 0 fully saturated rings. The molecule has 10 aromatic rings. The Morgan fingerprint density at radius 2 is 0.940 bits per heavy atom. The molecule has 0 unspecified atom stereocenters. The highest BCUT2D eigenvalue weighted by Crippen LogP contribution is 2.46. The van der Waals surface area contributed by atoms with Gasteiger partial charge in [0, 0.05) is 27.5 Å². The summed E-state index contributed by atoms with van der Waals surface area (Å²) in [4.78, 5) is 2.43. The molecule has 0 atom stereocenters. The molecule has 0 radical (unpaired) electrons. The number of hydrogen-bond acceptors (Lipinski definition) is 2. The van der Waals surface area contributed by atoms with Crippen LogP contribution in [0.2, 0.25) is 0 Å². The molecule has 0 amide bonds. The third-order valence-electron chi connectivity index (χ3n) is 10.0. The molecule has 0 aliphatic heterocycles. The molecule has 1 aromatic heterocycles. The van der Waals surface area contributed by atoms with E-state index < -0.39 is 0 Å². The van der Waals surface area contributed by atoms with Gasteiger partial charge in [0.05, 0.1) is 5.69 Å². The van der Waals surface area contributed by atoms with Gasteiger partial charge in [-0.1, -0.05) is 146 Å². The summed E-state index contributed by atoms with van der Waals surface area (Å²) in [6, 6.07) is 67.6. The van der Waals surface area contributed by atoms with Gasteiger partial charge in [-0.3, -0.25) is 0 Å². The fraction of sp³-hybridized carbons (Fsp3) is 0. The first-order valence-corrected chi connectivity index (χ1v) is 17.1. The third-order valence-corrected chi connectivity index (χ3v) is 10.0. The van der Waals surface area contributed by atoms with Gasteiger partial charge in [0.15, 0.2) is 0 Å². The van der Waals surface area contributed by atoms with Crippen molar-refractivity contribution in [2.24, 2.45) is 0 Å². The number of para-hydroxylation sites is 1. The summed E-state index contributed by atoms with van der Waals surface area (Å²) >= 11 is 0. The molecular formula is C48H31NO. The lowest BCUT2D eigenvalue weighted by atomic mass is 9.93. The van der Waals surface area contributed by atoms with Crippen LogP contribution in [-0.4, -0.2) is 0 Å². The lowest BCUT2D eigenvalue weighted by Crippen LogP contribution is -2.11. The number of rotatable bonds is 5. The average Bonchev–Trinajstić information content (AvgIpc) is 3.56. The molecule has 50 heavy (non-hydrogen) atoms. The molecule has 0 N–H and O–H groups in total. The van der Waals surface area contributed by atoms with Crippen LogP contribution in [0.3, 0.4) is 0 Å². The van der Waals surface area contributed by atoms with E-state index in [-0.39, 0.29) is 0 Å². The predicted octanol–water partition coefficient (Wildman–Crippen LogP) is 13.8. The van der Waals surface area contributed by atoms with E-state index in [0.717, 1.165) is 39.0 Å². The highest BCUT2D eigenvalue weighted by atomic mass is 16.3. The molecule has 0 aliphatic carbocycles. The quantitative estimate of drug-likeness (QED) is 0.175. The number of furan rings is 1. The van der Waals surface area contributed by atoms with Gasteiger partial charge in [-0.05, 0) is 91.6 Å². The van der Waals surface area contributed by atoms with Gasteiger partial charge in [0.25, 0.3) is 0 Å². The number of nitrogens with zero attached hydrogens (tertiary/aromatic N) is 1. The van der Waals surface area contributed by atoms with Gasteiger partial charge >= 0.3 is 0 Å². The van der Waals surface area contributed by atoms with Crippen LogP contribution in [0.15, 0.2) is 192 Å². The maximum atomic E-state index is 6.28. The van der Waals surface area contributed by atoms with Crippen molar-refractivity contribution in [2.75, 3.05) is 4.90 Å². The molecule has 0 saturated carbocycles. The Balaban J connectivity index is 1.24. The maximum absolute atomic E-state index is 6.28. The second-order valence-electron chi connectivity index (χ2n) is 12.9. The van der Waals surface area contributed by atoms with Crippen LogP contribution in [-0.2, 0) is 0 Å². The zero-order valence-corrected chi connectivity index (χ0v) is 27.3. The molecule has 2 nitrogen and oxygen atoms in total. The minimum atomic E-state index is 0.886. The van der Waals surface area contributed by atoms with Crippen LogP contribution < -0.4 is 4.90 Å².